The van der Waals surface area contributed by atoms with Crippen LogP contribution in [0.5, 0.6) is 0 Å². The maximum atomic E-state index is 6.14. The Kier molecular flexibility index (Phi) is 4.12. The number of hydrogen-bond donors (Lipinski definition) is 0. The third-order valence-corrected chi connectivity index (χ3v) is 3.88. The lowest BCUT2D eigenvalue weighted by atomic mass is 10.1. The first-order valence-electron chi connectivity index (χ1n) is 4.59. The van der Waals surface area contributed by atoms with Crippen molar-refractivity contribution in [2.24, 2.45) is 0 Å². The molecular weight excluding hydrogens is 321 g/mol. The van der Waals surface area contributed by atoms with Gasteiger partial charge in [-0.2, -0.15) is 0 Å². The Morgan fingerprint density at radius 1 is 0.706 bits per heavy atom. The molecule has 0 radical (unpaired) electrons. The van der Waals surface area contributed by atoms with Crippen molar-refractivity contribution in [1.29, 1.82) is 0 Å². The van der Waals surface area contributed by atoms with Crippen molar-refractivity contribution in [2.75, 3.05) is 0 Å². The molecule has 17 heavy (non-hydrogen) atoms. The van der Waals surface area contributed by atoms with E-state index in [1.807, 2.05) is 0 Å². The van der Waals surface area contributed by atoms with Gasteiger partial charge in [0.25, 0.3) is 0 Å². The van der Waals surface area contributed by atoms with E-state index in [4.69, 9.17) is 58.0 Å². The van der Waals surface area contributed by atoms with Crippen LogP contribution in [0.1, 0.15) is 0 Å². The first-order chi connectivity index (χ1) is 8.00. The molecule has 0 heterocycles. The second-order valence-corrected chi connectivity index (χ2v) is 5.38. The lowest BCUT2D eigenvalue weighted by Crippen LogP contribution is -1.84. The average molecular weight is 326 g/mol. The Morgan fingerprint density at radius 2 is 1.29 bits per heavy atom. The molecule has 0 bridgehead atoms. The molecule has 0 nitrogen and oxygen atoms in total. The van der Waals surface area contributed by atoms with Crippen LogP contribution in [0.4, 0.5) is 0 Å². The number of benzene rings is 2. The summed E-state index contributed by atoms with van der Waals surface area (Å²) in [5.74, 6) is 0. The Balaban J connectivity index is 2.77. The van der Waals surface area contributed by atoms with Crippen molar-refractivity contribution in [3.8, 4) is 11.1 Å². The largest absolute Gasteiger partial charge is 0.0843 e. The molecule has 2 aromatic rings. The lowest BCUT2D eigenvalue weighted by molar-refractivity contribution is 1.61. The summed E-state index contributed by atoms with van der Waals surface area (Å²) in [5.41, 5.74) is 1.25. The monoisotopic (exact) mass is 324 g/mol. The molecule has 5 heteroatoms. The van der Waals surface area contributed by atoms with Gasteiger partial charge in [-0.05, 0) is 24.3 Å². The normalized spacial score (nSPS) is 10.6. The van der Waals surface area contributed by atoms with Gasteiger partial charge in [0, 0.05) is 26.2 Å². The fourth-order valence-corrected chi connectivity index (χ4v) is 2.79. The maximum absolute atomic E-state index is 6.14. The molecule has 0 aliphatic carbocycles. The molecule has 0 fully saturated rings. The molecule has 2 rings (SSSR count). The fraction of sp³-hybridized carbons (Fsp3) is 0. The first kappa shape index (κ1) is 13.3. The van der Waals surface area contributed by atoms with Crippen LogP contribution in [0, 0.1) is 0 Å². The molecule has 0 saturated heterocycles. The summed E-state index contributed by atoms with van der Waals surface area (Å²) in [4.78, 5) is 0. The van der Waals surface area contributed by atoms with E-state index in [0.29, 0.717) is 36.2 Å². The zero-order valence-electron chi connectivity index (χ0n) is 8.28. The molecule has 2 aromatic carbocycles. The highest BCUT2D eigenvalue weighted by Gasteiger charge is 2.14. The predicted octanol–water partition coefficient (Wildman–Crippen LogP) is 6.62. The molecule has 0 aromatic heterocycles. The average Bonchev–Trinajstić information content (AvgIpc) is 2.24. The predicted molar refractivity (Wildman–Crippen MR) is 76.9 cm³/mol. The summed E-state index contributed by atoms with van der Waals surface area (Å²) < 4.78 is 0. The number of rotatable bonds is 1. The van der Waals surface area contributed by atoms with Gasteiger partial charge >= 0.3 is 0 Å². The zero-order chi connectivity index (χ0) is 12.6. The quantitative estimate of drug-likeness (QED) is 0.517. The minimum Gasteiger partial charge on any atom is -0.0843 e. The van der Waals surface area contributed by atoms with Crippen molar-refractivity contribution in [3.05, 3.63) is 55.4 Å². The zero-order valence-corrected chi connectivity index (χ0v) is 12.1. The van der Waals surface area contributed by atoms with Crippen molar-refractivity contribution in [1.82, 2.24) is 0 Å². The number of hydrogen-bond acceptors (Lipinski definition) is 0. The van der Waals surface area contributed by atoms with Crippen molar-refractivity contribution in [3.63, 3.8) is 0 Å². The summed E-state index contributed by atoms with van der Waals surface area (Å²) in [6, 6.07) is 8.47. The van der Waals surface area contributed by atoms with Gasteiger partial charge in [-0.25, -0.2) is 0 Å². The second-order valence-electron chi connectivity index (χ2n) is 3.35. The van der Waals surface area contributed by atoms with Crippen LogP contribution >= 0.6 is 58.0 Å². The van der Waals surface area contributed by atoms with Crippen LogP contribution in [-0.2, 0) is 0 Å². The van der Waals surface area contributed by atoms with Crippen LogP contribution in [0.2, 0.25) is 25.1 Å². The third-order valence-electron chi connectivity index (χ3n) is 2.23. The van der Waals surface area contributed by atoms with Crippen LogP contribution in [0.25, 0.3) is 11.1 Å². The molecule has 0 unspecified atom stereocenters. The minimum atomic E-state index is 0.366. The first-order valence-corrected chi connectivity index (χ1v) is 6.48. The molecule has 0 saturated carbocycles. The summed E-state index contributed by atoms with van der Waals surface area (Å²) in [5, 5.41) is 2.22. The Morgan fingerprint density at radius 3 is 1.88 bits per heavy atom. The smallest absolute Gasteiger partial charge is 0.0672 e. The van der Waals surface area contributed by atoms with Crippen molar-refractivity contribution in [2.45, 2.75) is 0 Å². The van der Waals surface area contributed by atoms with Gasteiger partial charge < -0.3 is 0 Å². The van der Waals surface area contributed by atoms with Crippen LogP contribution < -0.4 is 0 Å². The van der Waals surface area contributed by atoms with E-state index < -0.39 is 0 Å². The van der Waals surface area contributed by atoms with E-state index in [-0.39, 0.29) is 0 Å². The van der Waals surface area contributed by atoms with Crippen LogP contribution in [0.15, 0.2) is 30.3 Å². The van der Waals surface area contributed by atoms with Crippen LogP contribution in [0.3, 0.4) is 0 Å². The van der Waals surface area contributed by atoms with Crippen molar-refractivity contribution >= 4 is 58.0 Å². The molecule has 0 spiro atoms. The van der Waals surface area contributed by atoms with Crippen LogP contribution in [-0.4, -0.2) is 0 Å². The molecule has 0 N–H and O–H groups in total. The second kappa shape index (κ2) is 5.26. The fourth-order valence-electron chi connectivity index (χ4n) is 1.49. The van der Waals surface area contributed by atoms with Gasteiger partial charge in [0.15, 0.2) is 0 Å². The third kappa shape index (κ3) is 2.67. The van der Waals surface area contributed by atoms with Gasteiger partial charge in [-0.3, -0.25) is 0 Å². The van der Waals surface area contributed by atoms with E-state index in [0.717, 1.165) is 0 Å². The lowest BCUT2D eigenvalue weighted by Gasteiger charge is -2.10. The number of halogens is 5. The molecular formula is C12H5Cl5. The topological polar surface area (TPSA) is 0 Å². The Labute approximate surface area is 124 Å². The summed E-state index contributed by atoms with van der Waals surface area (Å²) in [7, 11) is 0. The highest BCUT2D eigenvalue weighted by atomic mass is 35.5. The molecule has 0 amide bonds. The molecule has 88 valence electrons. The minimum absolute atomic E-state index is 0.366. The highest BCUT2D eigenvalue weighted by Crippen LogP contribution is 2.42. The summed E-state index contributed by atoms with van der Waals surface area (Å²) >= 11 is 30.3. The highest BCUT2D eigenvalue weighted by molar-refractivity contribution is 6.46. The molecule has 0 atom stereocenters. The van der Waals surface area contributed by atoms with Gasteiger partial charge in [0.2, 0.25) is 0 Å². The molecule has 0 aliphatic heterocycles. The van der Waals surface area contributed by atoms with Gasteiger partial charge in [0.1, 0.15) is 0 Å². The molecule has 0 aliphatic rings. The van der Waals surface area contributed by atoms with E-state index in [2.05, 4.69) is 0 Å². The Hall–Kier alpha value is -0.110. The maximum Gasteiger partial charge on any atom is 0.0672 e. The SMILES string of the molecule is Clc1cc(Cl)c(Cl)c(-c2c(Cl)cccc2Cl)c1. The summed E-state index contributed by atoms with van der Waals surface area (Å²) in [6.07, 6.45) is 0. The van der Waals surface area contributed by atoms with E-state index >= 15 is 0 Å². The van der Waals surface area contributed by atoms with Crippen molar-refractivity contribution < 1.29 is 0 Å². The Bertz CT molecular complexity index is 557. The van der Waals surface area contributed by atoms with Gasteiger partial charge in [-0.15, -0.1) is 0 Å². The van der Waals surface area contributed by atoms with E-state index in [9.17, 15) is 0 Å². The van der Waals surface area contributed by atoms with E-state index in [1.54, 1.807) is 30.3 Å². The van der Waals surface area contributed by atoms with Gasteiger partial charge in [0.05, 0.1) is 10.0 Å². The summed E-state index contributed by atoms with van der Waals surface area (Å²) in [6.45, 7) is 0. The van der Waals surface area contributed by atoms with Gasteiger partial charge in [-0.1, -0.05) is 64.1 Å². The standard InChI is InChI=1S/C12H5Cl5/c13-6-4-7(12(17)10(16)5-6)11-8(14)2-1-3-9(11)15/h1-5H. The van der Waals surface area contributed by atoms with E-state index in [1.165, 1.54) is 0 Å².